The summed E-state index contributed by atoms with van der Waals surface area (Å²) >= 11 is 1.65. The predicted molar refractivity (Wildman–Crippen MR) is 97.9 cm³/mol. The first-order chi connectivity index (χ1) is 11.8. The average molecular weight is 332 g/mol. The molecular weight excluding hydrogens is 316 g/mol. The van der Waals surface area contributed by atoms with Crippen LogP contribution in [0.3, 0.4) is 0 Å². The zero-order valence-electron chi connectivity index (χ0n) is 13.0. The molecule has 0 saturated heterocycles. The zero-order valence-corrected chi connectivity index (χ0v) is 13.8. The van der Waals surface area contributed by atoms with Crippen LogP contribution in [0.4, 0.5) is 5.69 Å². The van der Waals surface area contributed by atoms with E-state index in [-0.39, 0.29) is 5.91 Å². The number of benzene rings is 1. The molecule has 0 aliphatic carbocycles. The highest BCUT2D eigenvalue weighted by Crippen LogP contribution is 2.12. The number of anilines is 1. The van der Waals surface area contributed by atoms with E-state index in [1.54, 1.807) is 17.5 Å². The fourth-order valence-electron chi connectivity index (χ4n) is 2.16. The third-order valence-corrected chi connectivity index (χ3v) is 4.10. The van der Waals surface area contributed by atoms with Crippen molar-refractivity contribution in [2.45, 2.75) is 12.8 Å². The van der Waals surface area contributed by atoms with Crippen LogP contribution >= 0.6 is 11.3 Å². The van der Waals surface area contributed by atoms with Crippen LogP contribution in [0.1, 0.15) is 23.2 Å². The van der Waals surface area contributed by atoms with E-state index < -0.39 is 0 Å². The Hall–Kier alpha value is -2.90. The smallest absolute Gasteiger partial charge is 0.224 e. The lowest BCUT2D eigenvalue weighted by atomic mass is 10.1. The third kappa shape index (κ3) is 4.80. The summed E-state index contributed by atoms with van der Waals surface area (Å²) in [6, 6.07) is 15.2. The molecule has 0 radical (unpaired) electrons. The maximum atomic E-state index is 12.0. The van der Waals surface area contributed by atoms with E-state index in [1.165, 1.54) is 5.56 Å². The highest BCUT2D eigenvalue weighted by atomic mass is 32.1. The van der Waals surface area contributed by atoms with Gasteiger partial charge in [-0.15, -0.1) is 0 Å². The highest BCUT2D eigenvalue weighted by Gasteiger charge is 2.04. The Morgan fingerprint density at radius 3 is 2.88 bits per heavy atom. The Labute approximate surface area is 145 Å². The fourth-order valence-corrected chi connectivity index (χ4v) is 2.87. The molecule has 2 aromatic heterocycles. The quantitative estimate of drug-likeness (QED) is 0.731. The van der Waals surface area contributed by atoms with Crippen molar-refractivity contribution in [2.75, 3.05) is 5.32 Å². The van der Waals surface area contributed by atoms with Gasteiger partial charge in [0, 0.05) is 23.9 Å². The van der Waals surface area contributed by atoms with Crippen molar-refractivity contribution >= 4 is 22.9 Å². The lowest BCUT2D eigenvalue weighted by Gasteiger charge is -2.05. The first-order valence-electron chi connectivity index (χ1n) is 7.64. The topological polar surface area (TPSA) is 42.0 Å². The lowest BCUT2D eigenvalue weighted by molar-refractivity contribution is -0.116. The van der Waals surface area contributed by atoms with E-state index in [4.69, 9.17) is 0 Å². The van der Waals surface area contributed by atoms with E-state index in [2.05, 4.69) is 27.5 Å². The second kappa shape index (κ2) is 8.09. The maximum absolute atomic E-state index is 12.0. The van der Waals surface area contributed by atoms with Crippen molar-refractivity contribution in [3.8, 4) is 11.8 Å². The summed E-state index contributed by atoms with van der Waals surface area (Å²) in [6.07, 6.45) is 2.95. The molecule has 3 nitrogen and oxygen atoms in total. The molecule has 3 rings (SSSR count). The van der Waals surface area contributed by atoms with Crippen molar-refractivity contribution in [2.24, 2.45) is 0 Å². The van der Waals surface area contributed by atoms with Crippen molar-refractivity contribution < 1.29 is 4.79 Å². The molecule has 0 aliphatic rings. The summed E-state index contributed by atoms with van der Waals surface area (Å²) in [7, 11) is 0. The van der Waals surface area contributed by atoms with Crippen molar-refractivity contribution in [3.63, 3.8) is 0 Å². The molecule has 1 amide bonds. The number of pyridine rings is 1. The third-order valence-electron chi connectivity index (χ3n) is 3.37. The Morgan fingerprint density at radius 2 is 2.08 bits per heavy atom. The second-order valence-corrected chi connectivity index (χ2v) is 6.01. The second-order valence-electron chi connectivity index (χ2n) is 5.23. The van der Waals surface area contributed by atoms with Gasteiger partial charge in [0.25, 0.3) is 0 Å². The molecule has 2 heterocycles. The number of hydrogen-bond donors (Lipinski definition) is 1. The highest BCUT2D eigenvalue weighted by molar-refractivity contribution is 7.07. The molecular formula is C20H16N2OS. The van der Waals surface area contributed by atoms with E-state index in [0.717, 1.165) is 23.4 Å². The van der Waals surface area contributed by atoms with Gasteiger partial charge in [-0.3, -0.25) is 4.79 Å². The van der Waals surface area contributed by atoms with Crippen molar-refractivity contribution in [1.29, 1.82) is 0 Å². The number of amides is 1. The average Bonchev–Trinajstić information content (AvgIpc) is 3.13. The Morgan fingerprint density at radius 1 is 1.12 bits per heavy atom. The molecule has 1 aromatic carbocycles. The molecule has 0 unspecified atom stereocenters. The monoisotopic (exact) mass is 332 g/mol. The van der Waals surface area contributed by atoms with Gasteiger partial charge in [-0.1, -0.05) is 18.1 Å². The van der Waals surface area contributed by atoms with E-state index in [0.29, 0.717) is 6.42 Å². The van der Waals surface area contributed by atoms with Crippen LogP contribution < -0.4 is 5.32 Å². The number of carbonyl (C=O) groups is 1. The van der Waals surface area contributed by atoms with Crippen LogP contribution in [0.5, 0.6) is 0 Å². The van der Waals surface area contributed by atoms with Crippen molar-refractivity contribution in [1.82, 2.24) is 4.98 Å². The molecule has 4 heteroatoms. The standard InChI is InChI=1S/C20H16N2OS/c23-20(10-8-17-11-13-24-15-17)22-19-6-3-4-16(14-19)7-9-18-5-1-2-12-21-18/h1-6,11-15H,8,10H2,(H,22,23). The predicted octanol–water partition coefficient (Wildman–Crippen LogP) is 4.11. The summed E-state index contributed by atoms with van der Waals surface area (Å²) in [5.41, 5.74) is 3.53. The maximum Gasteiger partial charge on any atom is 0.224 e. The zero-order chi connectivity index (χ0) is 16.6. The molecule has 0 bridgehead atoms. The number of nitrogens with one attached hydrogen (secondary N) is 1. The summed E-state index contributed by atoms with van der Waals surface area (Å²) in [4.78, 5) is 16.2. The number of thiophene rings is 1. The number of aromatic nitrogens is 1. The number of nitrogens with zero attached hydrogens (tertiary/aromatic N) is 1. The molecule has 24 heavy (non-hydrogen) atoms. The minimum atomic E-state index is 0.0102. The van der Waals surface area contributed by atoms with E-state index in [9.17, 15) is 4.79 Å². The number of hydrogen-bond acceptors (Lipinski definition) is 3. The van der Waals surface area contributed by atoms with Gasteiger partial charge in [0.1, 0.15) is 5.69 Å². The normalized spacial score (nSPS) is 9.83. The fraction of sp³-hybridized carbons (Fsp3) is 0.100. The van der Waals surface area contributed by atoms with Crippen LogP contribution in [0.2, 0.25) is 0 Å². The van der Waals surface area contributed by atoms with Gasteiger partial charge in [0.05, 0.1) is 0 Å². The van der Waals surface area contributed by atoms with E-state index in [1.807, 2.05) is 53.9 Å². The first-order valence-corrected chi connectivity index (χ1v) is 8.58. The number of carbonyl (C=O) groups excluding carboxylic acids is 1. The molecule has 0 saturated carbocycles. The van der Waals surface area contributed by atoms with Gasteiger partial charge in [0.15, 0.2) is 0 Å². The molecule has 0 aliphatic heterocycles. The summed E-state index contributed by atoms with van der Waals surface area (Å²) in [6.45, 7) is 0. The minimum Gasteiger partial charge on any atom is -0.326 e. The van der Waals surface area contributed by atoms with Gasteiger partial charge in [-0.2, -0.15) is 11.3 Å². The van der Waals surface area contributed by atoms with Crippen LogP contribution in [0.25, 0.3) is 0 Å². The largest absolute Gasteiger partial charge is 0.326 e. The first kappa shape index (κ1) is 16.0. The molecule has 0 atom stereocenters. The number of aryl methyl sites for hydroxylation is 1. The van der Waals surface area contributed by atoms with Gasteiger partial charge in [-0.25, -0.2) is 4.98 Å². The SMILES string of the molecule is O=C(CCc1ccsc1)Nc1cccc(C#Cc2ccccn2)c1. The molecule has 0 spiro atoms. The molecule has 0 fully saturated rings. The molecule has 118 valence electrons. The molecule has 1 N–H and O–H groups in total. The van der Waals surface area contributed by atoms with E-state index >= 15 is 0 Å². The summed E-state index contributed by atoms with van der Waals surface area (Å²) < 4.78 is 0. The van der Waals surface area contributed by atoms with Gasteiger partial charge in [-0.05, 0) is 65.1 Å². The van der Waals surface area contributed by atoms with Crippen LogP contribution in [-0.2, 0) is 11.2 Å². The minimum absolute atomic E-state index is 0.0102. The summed E-state index contributed by atoms with van der Waals surface area (Å²) in [5.74, 6) is 6.09. The van der Waals surface area contributed by atoms with Crippen LogP contribution in [0, 0.1) is 11.8 Å². The van der Waals surface area contributed by atoms with Gasteiger partial charge in [0.2, 0.25) is 5.91 Å². The Balaban J connectivity index is 1.61. The number of rotatable bonds is 4. The Kier molecular flexibility index (Phi) is 5.39. The van der Waals surface area contributed by atoms with Crippen LogP contribution in [0.15, 0.2) is 65.5 Å². The van der Waals surface area contributed by atoms with Gasteiger partial charge >= 0.3 is 0 Å². The molecule has 3 aromatic rings. The van der Waals surface area contributed by atoms with Crippen molar-refractivity contribution in [3.05, 3.63) is 82.3 Å². The lowest BCUT2D eigenvalue weighted by Crippen LogP contribution is -2.12. The Bertz CT molecular complexity index is 861. The van der Waals surface area contributed by atoms with Crippen LogP contribution in [-0.4, -0.2) is 10.9 Å². The van der Waals surface area contributed by atoms with Gasteiger partial charge < -0.3 is 5.32 Å². The summed E-state index contributed by atoms with van der Waals surface area (Å²) in [5, 5.41) is 7.02.